The van der Waals surface area contributed by atoms with Gasteiger partial charge in [-0.1, -0.05) is 0 Å². The van der Waals surface area contributed by atoms with Crippen LogP contribution in [-0.2, 0) is 16.6 Å². The van der Waals surface area contributed by atoms with Crippen LogP contribution in [0.5, 0.6) is 0 Å². The molecule has 8 heteroatoms. The third kappa shape index (κ3) is 2.61. The molecular weight excluding hydrogens is 258 g/mol. The van der Waals surface area contributed by atoms with Crippen molar-refractivity contribution >= 4 is 10.0 Å². The highest BCUT2D eigenvalue weighted by Gasteiger charge is 2.22. The van der Waals surface area contributed by atoms with E-state index >= 15 is 0 Å². The Morgan fingerprint density at radius 1 is 1.56 bits per heavy atom. The number of furan rings is 1. The van der Waals surface area contributed by atoms with Crippen molar-refractivity contribution in [3.63, 3.8) is 0 Å². The highest BCUT2D eigenvalue weighted by Crippen LogP contribution is 2.18. The van der Waals surface area contributed by atoms with Crippen molar-refractivity contribution in [2.75, 3.05) is 0 Å². The van der Waals surface area contributed by atoms with Crippen LogP contribution in [-0.4, -0.2) is 23.7 Å². The Morgan fingerprint density at radius 2 is 2.33 bits per heavy atom. The molecule has 0 fully saturated rings. The van der Waals surface area contributed by atoms with Gasteiger partial charge in [0.05, 0.1) is 6.20 Å². The number of hydrogen-bond donors (Lipinski definition) is 3. The van der Waals surface area contributed by atoms with Gasteiger partial charge in [-0.2, -0.15) is 5.10 Å². The number of nitrogens with zero attached hydrogens (tertiary/aromatic N) is 1. The Labute approximate surface area is 104 Å². The zero-order chi connectivity index (χ0) is 13.2. The summed E-state index contributed by atoms with van der Waals surface area (Å²) in [7, 11) is -3.74. The number of rotatable bonds is 5. The molecule has 0 saturated heterocycles. The number of aliphatic hydroxyl groups is 1. The maximum Gasteiger partial charge on any atom is 0.274 e. The maximum absolute atomic E-state index is 11.9. The number of aliphatic hydroxyl groups excluding tert-OH is 1. The highest BCUT2D eigenvalue weighted by molar-refractivity contribution is 7.89. The van der Waals surface area contributed by atoms with E-state index in [-0.39, 0.29) is 17.5 Å². The molecule has 1 unspecified atom stereocenters. The lowest BCUT2D eigenvalue weighted by Crippen LogP contribution is -2.26. The summed E-state index contributed by atoms with van der Waals surface area (Å²) < 4.78 is 31.3. The van der Waals surface area contributed by atoms with E-state index in [1.54, 1.807) is 13.1 Å². The summed E-state index contributed by atoms with van der Waals surface area (Å²) in [5.41, 5.74) is 0.715. The summed E-state index contributed by atoms with van der Waals surface area (Å²) in [5.74, 6) is 0.200. The summed E-state index contributed by atoms with van der Waals surface area (Å²) in [6.45, 7) is 1.35. The van der Waals surface area contributed by atoms with Gasteiger partial charge < -0.3 is 9.52 Å². The predicted molar refractivity (Wildman–Crippen MR) is 62.0 cm³/mol. The number of aromatic amines is 1. The molecule has 0 aliphatic carbocycles. The Hall–Kier alpha value is -1.64. The molecule has 18 heavy (non-hydrogen) atoms. The second kappa shape index (κ2) is 4.92. The molecule has 98 valence electrons. The van der Waals surface area contributed by atoms with Gasteiger partial charge in [0.25, 0.3) is 10.0 Å². The molecule has 2 aromatic rings. The fourth-order valence-corrected chi connectivity index (χ4v) is 2.63. The van der Waals surface area contributed by atoms with Crippen LogP contribution in [0.15, 0.2) is 34.0 Å². The first kappa shape index (κ1) is 12.8. The van der Waals surface area contributed by atoms with Gasteiger partial charge in [0.1, 0.15) is 12.4 Å². The summed E-state index contributed by atoms with van der Waals surface area (Å²) in [5, 5.41) is 15.0. The van der Waals surface area contributed by atoms with Crippen molar-refractivity contribution in [3.8, 4) is 0 Å². The quantitative estimate of drug-likeness (QED) is 0.735. The van der Waals surface area contributed by atoms with Gasteiger partial charge in [0.15, 0.2) is 0 Å². The molecule has 0 spiro atoms. The lowest BCUT2D eigenvalue weighted by molar-refractivity contribution is 0.236. The molecule has 0 amide bonds. The third-order valence-corrected chi connectivity index (χ3v) is 3.82. The van der Waals surface area contributed by atoms with Crippen molar-refractivity contribution in [1.82, 2.24) is 14.9 Å². The van der Waals surface area contributed by atoms with Gasteiger partial charge in [-0.05, 0) is 19.1 Å². The molecule has 0 bridgehead atoms. The molecule has 0 radical (unpaired) electrons. The maximum atomic E-state index is 11.9. The first-order valence-corrected chi connectivity index (χ1v) is 6.72. The average Bonchev–Trinajstić information content (AvgIpc) is 3.00. The molecule has 0 aliphatic rings. The van der Waals surface area contributed by atoms with Gasteiger partial charge in [-0.25, -0.2) is 13.1 Å². The first-order chi connectivity index (χ1) is 8.53. The van der Waals surface area contributed by atoms with E-state index in [9.17, 15) is 8.42 Å². The topological polar surface area (TPSA) is 108 Å². The fourth-order valence-electron chi connectivity index (χ4n) is 1.44. The summed E-state index contributed by atoms with van der Waals surface area (Å²) in [4.78, 5) is 0. The standard InChI is InChI=1S/C10H13N3O4S/c1-7(8-4-11-12-5-8)13-18(15,16)10-3-2-9(6-14)17-10/h2-5,7,13-14H,6H2,1H3,(H,11,12). The Balaban J connectivity index is 2.17. The molecule has 1 atom stereocenters. The second-order valence-corrected chi connectivity index (χ2v) is 5.40. The largest absolute Gasteiger partial charge is 0.446 e. The van der Waals surface area contributed by atoms with Crippen molar-refractivity contribution in [2.24, 2.45) is 0 Å². The first-order valence-electron chi connectivity index (χ1n) is 5.23. The van der Waals surface area contributed by atoms with Crippen molar-refractivity contribution < 1.29 is 17.9 Å². The monoisotopic (exact) mass is 271 g/mol. The van der Waals surface area contributed by atoms with Gasteiger partial charge in [0, 0.05) is 17.8 Å². The SMILES string of the molecule is CC(NS(=O)(=O)c1ccc(CO)o1)c1cn[nH]c1. The fraction of sp³-hybridized carbons (Fsp3) is 0.300. The van der Waals surface area contributed by atoms with E-state index in [1.165, 1.54) is 18.3 Å². The van der Waals surface area contributed by atoms with Crippen molar-refractivity contribution in [2.45, 2.75) is 24.7 Å². The van der Waals surface area contributed by atoms with Gasteiger partial charge in [-0.3, -0.25) is 5.10 Å². The van der Waals surface area contributed by atoms with Crippen LogP contribution in [0.2, 0.25) is 0 Å². The average molecular weight is 271 g/mol. The molecule has 2 heterocycles. The van der Waals surface area contributed by atoms with Gasteiger partial charge in [-0.15, -0.1) is 0 Å². The zero-order valence-electron chi connectivity index (χ0n) is 9.62. The Kier molecular flexibility index (Phi) is 3.50. The minimum Gasteiger partial charge on any atom is -0.446 e. The normalized spacial score (nSPS) is 13.7. The molecule has 0 saturated carbocycles. The number of sulfonamides is 1. The van der Waals surface area contributed by atoms with E-state index < -0.39 is 16.1 Å². The van der Waals surface area contributed by atoms with E-state index in [2.05, 4.69) is 14.9 Å². The van der Waals surface area contributed by atoms with Crippen LogP contribution >= 0.6 is 0 Å². The van der Waals surface area contributed by atoms with Gasteiger partial charge >= 0.3 is 0 Å². The number of hydrogen-bond acceptors (Lipinski definition) is 5. The third-order valence-electron chi connectivity index (χ3n) is 2.41. The molecule has 0 aliphatic heterocycles. The predicted octanol–water partition coefficient (Wildman–Crippen LogP) is 0.534. The zero-order valence-corrected chi connectivity index (χ0v) is 10.4. The van der Waals surface area contributed by atoms with Crippen LogP contribution in [0.25, 0.3) is 0 Å². The molecular formula is C10H13N3O4S. The lowest BCUT2D eigenvalue weighted by atomic mass is 10.2. The smallest absolute Gasteiger partial charge is 0.274 e. The highest BCUT2D eigenvalue weighted by atomic mass is 32.2. The minimum absolute atomic E-state index is 0.200. The molecule has 7 nitrogen and oxygen atoms in total. The Morgan fingerprint density at radius 3 is 2.89 bits per heavy atom. The Bertz CT molecular complexity index is 603. The summed E-state index contributed by atoms with van der Waals surface area (Å²) in [6.07, 6.45) is 3.14. The van der Waals surface area contributed by atoms with Crippen molar-refractivity contribution in [1.29, 1.82) is 0 Å². The minimum atomic E-state index is -3.74. The van der Waals surface area contributed by atoms with E-state index in [0.717, 1.165) is 0 Å². The van der Waals surface area contributed by atoms with Crippen LogP contribution in [0, 0.1) is 0 Å². The van der Waals surface area contributed by atoms with Crippen molar-refractivity contribution in [3.05, 3.63) is 35.9 Å². The van der Waals surface area contributed by atoms with Crippen LogP contribution < -0.4 is 4.72 Å². The van der Waals surface area contributed by atoms with E-state index in [0.29, 0.717) is 5.56 Å². The lowest BCUT2D eigenvalue weighted by Gasteiger charge is -2.10. The molecule has 2 rings (SSSR count). The number of nitrogens with one attached hydrogen (secondary N) is 2. The van der Waals surface area contributed by atoms with Gasteiger partial charge in [0.2, 0.25) is 5.09 Å². The number of aromatic nitrogens is 2. The molecule has 0 aromatic carbocycles. The molecule has 3 N–H and O–H groups in total. The molecule has 2 aromatic heterocycles. The number of H-pyrrole nitrogens is 1. The van der Waals surface area contributed by atoms with Crippen LogP contribution in [0.1, 0.15) is 24.3 Å². The van der Waals surface area contributed by atoms with E-state index in [1.807, 2.05) is 0 Å². The van der Waals surface area contributed by atoms with Crippen LogP contribution in [0.3, 0.4) is 0 Å². The summed E-state index contributed by atoms with van der Waals surface area (Å²) in [6, 6.07) is 2.28. The van der Waals surface area contributed by atoms with Crippen LogP contribution in [0.4, 0.5) is 0 Å². The van der Waals surface area contributed by atoms with E-state index in [4.69, 9.17) is 9.52 Å². The summed E-state index contributed by atoms with van der Waals surface area (Å²) >= 11 is 0. The second-order valence-electron chi connectivity index (χ2n) is 3.75.